The number of likely N-dealkylation sites (tertiary alicyclic amines) is 1. The minimum absolute atomic E-state index is 0.519. The van der Waals surface area contributed by atoms with E-state index >= 15 is 0 Å². The quantitative estimate of drug-likeness (QED) is 0.289. The summed E-state index contributed by atoms with van der Waals surface area (Å²) in [5.41, 5.74) is 7.07. The first-order chi connectivity index (χ1) is 17.0. The Morgan fingerprint density at radius 3 is 2.49 bits per heavy atom. The normalized spacial score (nSPS) is 14.4. The van der Waals surface area contributed by atoms with Crippen LogP contribution in [0.3, 0.4) is 0 Å². The van der Waals surface area contributed by atoms with Gasteiger partial charge in [0, 0.05) is 23.3 Å². The van der Waals surface area contributed by atoms with Crippen LogP contribution in [0.5, 0.6) is 0 Å². The van der Waals surface area contributed by atoms with Crippen molar-refractivity contribution in [2.24, 2.45) is 0 Å². The second kappa shape index (κ2) is 10.7. The van der Waals surface area contributed by atoms with E-state index < -0.39 is 0 Å². The highest BCUT2D eigenvalue weighted by Crippen LogP contribution is 2.36. The second-order valence-electron chi connectivity index (χ2n) is 9.83. The minimum atomic E-state index is 0.519. The zero-order chi connectivity index (χ0) is 24.2. The molecule has 180 valence electrons. The van der Waals surface area contributed by atoms with Crippen LogP contribution in [0.1, 0.15) is 55.7 Å². The Bertz CT molecular complexity index is 1270. The molecular formula is C30H34N4S. The lowest BCUT2D eigenvalue weighted by atomic mass is 10.0. The van der Waals surface area contributed by atoms with Gasteiger partial charge in [0.15, 0.2) is 0 Å². The van der Waals surface area contributed by atoms with Gasteiger partial charge in [-0.25, -0.2) is 9.97 Å². The number of hydrogen-bond donors (Lipinski definition) is 1. The molecular weight excluding hydrogens is 448 g/mol. The predicted octanol–water partition coefficient (Wildman–Crippen LogP) is 8.03. The third-order valence-corrected chi connectivity index (χ3v) is 7.85. The number of rotatable bonds is 7. The molecule has 0 radical (unpaired) electrons. The first-order valence-corrected chi connectivity index (χ1v) is 13.5. The summed E-state index contributed by atoms with van der Waals surface area (Å²) in [5, 5.41) is 3.40. The number of nitrogens with one attached hydrogen (secondary N) is 1. The second-order valence-corrected chi connectivity index (χ2v) is 10.9. The van der Waals surface area contributed by atoms with Gasteiger partial charge in [0.25, 0.3) is 0 Å². The van der Waals surface area contributed by atoms with Crippen molar-refractivity contribution >= 4 is 23.0 Å². The Morgan fingerprint density at radius 2 is 1.71 bits per heavy atom. The summed E-state index contributed by atoms with van der Waals surface area (Å²) in [7, 11) is 0. The van der Waals surface area contributed by atoms with Crippen molar-refractivity contribution in [1.29, 1.82) is 0 Å². The average molecular weight is 483 g/mol. The van der Waals surface area contributed by atoms with Gasteiger partial charge >= 0.3 is 0 Å². The molecule has 2 aromatic heterocycles. The van der Waals surface area contributed by atoms with E-state index in [2.05, 4.69) is 96.6 Å². The summed E-state index contributed by atoms with van der Waals surface area (Å²) in [6.45, 7) is 10.0. The molecule has 35 heavy (non-hydrogen) atoms. The zero-order valence-corrected chi connectivity index (χ0v) is 21.7. The summed E-state index contributed by atoms with van der Waals surface area (Å²) in [4.78, 5) is 14.4. The zero-order valence-electron chi connectivity index (χ0n) is 20.9. The van der Waals surface area contributed by atoms with Crippen LogP contribution in [0, 0.1) is 6.92 Å². The predicted molar refractivity (Wildman–Crippen MR) is 148 cm³/mol. The molecule has 0 saturated carbocycles. The molecule has 5 rings (SSSR count). The van der Waals surface area contributed by atoms with Crippen LogP contribution in [0.25, 0.3) is 21.0 Å². The van der Waals surface area contributed by atoms with E-state index in [4.69, 9.17) is 4.98 Å². The van der Waals surface area contributed by atoms with E-state index in [-0.39, 0.29) is 0 Å². The van der Waals surface area contributed by atoms with Crippen LogP contribution in [0.2, 0.25) is 0 Å². The standard InChI is InChI=1S/C30H34N4S/c1-21(2)24-8-7-9-25(18-24)27-14-15-28(35-27)29-22(3)19-31-30(33-29)32-26-12-10-23(11-13-26)20-34-16-5-4-6-17-34/h7-15,18-19,21H,4-6,16-17,20H2,1-3H3,(H,31,32,33). The van der Waals surface area contributed by atoms with Gasteiger partial charge in [-0.2, -0.15) is 0 Å². The molecule has 3 heterocycles. The van der Waals surface area contributed by atoms with E-state index in [9.17, 15) is 0 Å². The lowest BCUT2D eigenvalue weighted by Crippen LogP contribution is -2.29. The summed E-state index contributed by atoms with van der Waals surface area (Å²) in [5.74, 6) is 1.15. The third-order valence-electron chi connectivity index (χ3n) is 6.71. The molecule has 0 amide bonds. The number of hydrogen-bond acceptors (Lipinski definition) is 5. The third kappa shape index (κ3) is 5.80. The highest BCUT2D eigenvalue weighted by Gasteiger charge is 2.13. The SMILES string of the molecule is Cc1cnc(Nc2ccc(CN3CCCCC3)cc2)nc1-c1ccc(-c2cccc(C(C)C)c2)s1. The first-order valence-electron chi connectivity index (χ1n) is 12.7. The molecule has 1 fully saturated rings. The molecule has 0 atom stereocenters. The lowest BCUT2D eigenvalue weighted by Gasteiger charge is -2.26. The Hall–Kier alpha value is -3.02. The number of thiophene rings is 1. The van der Waals surface area contributed by atoms with Gasteiger partial charge in [-0.05, 0) is 85.3 Å². The molecule has 0 unspecified atom stereocenters. The van der Waals surface area contributed by atoms with E-state index in [0.29, 0.717) is 11.9 Å². The number of benzene rings is 2. The van der Waals surface area contributed by atoms with Gasteiger partial charge in [0.05, 0.1) is 10.6 Å². The molecule has 0 aliphatic carbocycles. The van der Waals surface area contributed by atoms with E-state index in [1.165, 1.54) is 53.9 Å². The first kappa shape index (κ1) is 23.7. The fourth-order valence-electron chi connectivity index (χ4n) is 4.62. The van der Waals surface area contributed by atoms with Crippen LogP contribution < -0.4 is 5.32 Å². The van der Waals surface area contributed by atoms with Gasteiger partial charge in [0.1, 0.15) is 0 Å². The van der Waals surface area contributed by atoms with Crippen LogP contribution >= 0.6 is 11.3 Å². The maximum absolute atomic E-state index is 4.89. The number of nitrogens with zero attached hydrogens (tertiary/aromatic N) is 3. The topological polar surface area (TPSA) is 41.1 Å². The number of aromatic nitrogens is 2. The maximum Gasteiger partial charge on any atom is 0.227 e. The molecule has 0 spiro atoms. The van der Waals surface area contributed by atoms with Crippen molar-refractivity contribution in [3.05, 3.63) is 83.6 Å². The van der Waals surface area contributed by atoms with Crippen molar-refractivity contribution in [2.75, 3.05) is 18.4 Å². The summed E-state index contributed by atoms with van der Waals surface area (Å²) < 4.78 is 0. The molecule has 2 aromatic carbocycles. The summed E-state index contributed by atoms with van der Waals surface area (Å²) in [6, 6.07) is 21.9. The highest BCUT2D eigenvalue weighted by molar-refractivity contribution is 7.18. The monoisotopic (exact) mass is 482 g/mol. The Morgan fingerprint density at radius 1 is 0.943 bits per heavy atom. The Labute approximate surface area is 213 Å². The van der Waals surface area contributed by atoms with Crippen molar-refractivity contribution in [2.45, 2.75) is 52.5 Å². The molecule has 1 saturated heterocycles. The van der Waals surface area contributed by atoms with Gasteiger partial charge in [0.2, 0.25) is 5.95 Å². The van der Waals surface area contributed by atoms with Crippen molar-refractivity contribution in [3.63, 3.8) is 0 Å². The minimum Gasteiger partial charge on any atom is -0.324 e. The molecule has 0 bridgehead atoms. The molecule has 4 aromatic rings. The fraction of sp³-hybridized carbons (Fsp3) is 0.333. The molecule has 1 N–H and O–H groups in total. The van der Waals surface area contributed by atoms with Crippen LogP contribution in [0.4, 0.5) is 11.6 Å². The van der Waals surface area contributed by atoms with Crippen LogP contribution in [-0.4, -0.2) is 28.0 Å². The van der Waals surface area contributed by atoms with Gasteiger partial charge in [-0.15, -0.1) is 11.3 Å². The van der Waals surface area contributed by atoms with Crippen molar-refractivity contribution < 1.29 is 0 Å². The van der Waals surface area contributed by atoms with E-state index in [1.807, 2.05) is 6.20 Å². The van der Waals surface area contributed by atoms with E-state index in [1.54, 1.807) is 11.3 Å². The van der Waals surface area contributed by atoms with E-state index in [0.717, 1.165) is 28.4 Å². The average Bonchev–Trinajstić information content (AvgIpc) is 3.37. The molecule has 4 nitrogen and oxygen atoms in total. The van der Waals surface area contributed by atoms with Crippen molar-refractivity contribution in [3.8, 4) is 21.0 Å². The molecule has 1 aliphatic rings. The Kier molecular flexibility index (Phi) is 7.26. The smallest absolute Gasteiger partial charge is 0.227 e. The Balaban J connectivity index is 1.31. The van der Waals surface area contributed by atoms with Gasteiger partial charge in [-0.1, -0.05) is 56.7 Å². The van der Waals surface area contributed by atoms with Crippen LogP contribution in [-0.2, 0) is 6.54 Å². The van der Waals surface area contributed by atoms with Gasteiger partial charge < -0.3 is 5.32 Å². The van der Waals surface area contributed by atoms with Crippen LogP contribution in [0.15, 0.2) is 66.9 Å². The number of aryl methyl sites for hydroxylation is 1. The summed E-state index contributed by atoms with van der Waals surface area (Å²) in [6.07, 6.45) is 5.93. The number of piperidine rings is 1. The maximum atomic E-state index is 4.89. The summed E-state index contributed by atoms with van der Waals surface area (Å²) >= 11 is 1.78. The lowest BCUT2D eigenvalue weighted by molar-refractivity contribution is 0.221. The molecule has 5 heteroatoms. The fourth-order valence-corrected chi connectivity index (χ4v) is 5.68. The highest BCUT2D eigenvalue weighted by atomic mass is 32.1. The van der Waals surface area contributed by atoms with Gasteiger partial charge in [-0.3, -0.25) is 4.90 Å². The largest absolute Gasteiger partial charge is 0.324 e. The number of anilines is 2. The molecule has 1 aliphatic heterocycles. The van der Waals surface area contributed by atoms with Crippen molar-refractivity contribution in [1.82, 2.24) is 14.9 Å².